The third-order valence-electron chi connectivity index (χ3n) is 4.76. The maximum atomic E-state index is 12.6. The summed E-state index contributed by atoms with van der Waals surface area (Å²) in [6.45, 7) is 1.11. The number of imidazole rings is 1. The van der Waals surface area contributed by atoms with Gasteiger partial charge in [-0.15, -0.1) is 0 Å². The highest BCUT2D eigenvalue weighted by molar-refractivity contribution is 6.30. The van der Waals surface area contributed by atoms with Crippen molar-refractivity contribution < 1.29 is 4.79 Å². The summed E-state index contributed by atoms with van der Waals surface area (Å²) in [5.41, 5.74) is 2.97. The van der Waals surface area contributed by atoms with E-state index in [1.807, 2.05) is 73.1 Å². The Kier molecular flexibility index (Phi) is 5.44. The van der Waals surface area contributed by atoms with E-state index >= 15 is 0 Å². The van der Waals surface area contributed by atoms with Crippen LogP contribution in [-0.4, -0.2) is 20.4 Å². The number of carbonyl (C=O) groups excluding carboxylic acids is 1. The molecule has 2 heterocycles. The van der Waals surface area contributed by atoms with Crippen molar-refractivity contribution in [3.8, 4) is 0 Å². The molecule has 0 fully saturated rings. The molecule has 5 nitrogen and oxygen atoms in total. The summed E-state index contributed by atoms with van der Waals surface area (Å²) < 4.78 is 2.09. The molecular formula is C22H21ClN4O. The Hall–Kier alpha value is -3.05. The fourth-order valence-corrected chi connectivity index (χ4v) is 3.46. The molecule has 0 saturated heterocycles. The first kappa shape index (κ1) is 18.3. The SMILES string of the molecule is O=C(C[C@@H](Cn1cccc1)c1ccc(Cl)cc1)NCc1nc2ccccc2[nH]1. The average Bonchev–Trinajstić information content (AvgIpc) is 3.35. The predicted octanol–water partition coefficient (Wildman–Crippen LogP) is 4.51. The summed E-state index contributed by atoms with van der Waals surface area (Å²) >= 11 is 6.02. The van der Waals surface area contributed by atoms with Crippen LogP contribution >= 0.6 is 11.6 Å². The first-order chi connectivity index (χ1) is 13.7. The van der Waals surface area contributed by atoms with Gasteiger partial charge in [0.05, 0.1) is 17.6 Å². The molecule has 2 N–H and O–H groups in total. The standard InChI is InChI=1S/C22H21ClN4O/c23-18-9-7-16(8-10-18)17(15-27-11-3-4-12-27)13-22(28)24-14-21-25-19-5-1-2-6-20(19)26-21/h1-12,17H,13-15H2,(H,24,28)(H,25,26)/t17-/m0/s1. The van der Waals surface area contributed by atoms with Crippen LogP contribution < -0.4 is 5.32 Å². The van der Waals surface area contributed by atoms with E-state index in [4.69, 9.17) is 11.6 Å². The number of aromatic nitrogens is 3. The molecule has 0 bridgehead atoms. The van der Waals surface area contributed by atoms with Crippen molar-refractivity contribution in [1.82, 2.24) is 19.9 Å². The van der Waals surface area contributed by atoms with Crippen LogP contribution in [0.1, 0.15) is 23.7 Å². The van der Waals surface area contributed by atoms with Gasteiger partial charge in [-0.2, -0.15) is 0 Å². The van der Waals surface area contributed by atoms with Gasteiger partial charge in [0, 0.05) is 36.3 Å². The first-order valence-electron chi connectivity index (χ1n) is 9.24. The normalized spacial score (nSPS) is 12.2. The molecular weight excluding hydrogens is 372 g/mol. The summed E-state index contributed by atoms with van der Waals surface area (Å²) in [4.78, 5) is 20.4. The van der Waals surface area contributed by atoms with Gasteiger partial charge in [-0.05, 0) is 42.0 Å². The summed E-state index contributed by atoms with van der Waals surface area (Å²) in [7, 11) is 0. The minimum Gasteiger partial charge on any atom is -0.354 e. The van der Waals surface area contributed by atoms with Crippen LogP contribution in [0.5, 0.6) is 0 Å². The molecule has 28 heavy (non-hydrogen) atoms. The van der Waals surface area contributed by atoms with Crippen LogP contribution in [0, 0.1) is 0 Å². The number of aromatic amines is 1. The smallest absolute Gasteiger partial charge is 0.221 e. The molecule has 1 amide bonds. The van der Waals surface area contributed by atoms with Gasteiger partial charge < -0.3 is 14.9 Å². The number of hydrogen-bond donors (Lipinski definition) is 2. The highest BCUT2D eigenvalue weighted by Gasteiger charge is 2.17. The zero-order valence-corrected chi connectivity index (χ0v) is 16.1. The van der Waals surface area contributed by atoms with Crippen molar-refractivity contribution in [1.29, 1.82) is 0 Å². The van der Waals surface area contributed by atoms with Gasteiger partial charge in [0.2, 0.25) is 5.91 Å². The summed E-state index contributed by atoms with van der Waals surface area (Å²) in [6, 6.07) is 19.5. The maximum Gasteiger partial charge on any atom is 0.221 e. The van der Waals surface area contributed by atoms with Crippen LogP contribution in [0.2, 0.25) is 5.02 Å². The lowest BCUT2D eigenvalue weighted by atomic mass is 9.95. The molecule has 0 radical (unpaired) electrons. The number of carbonyl (C=O) groups is 1. The van der Waals surface area contributed by atoms with Crippen LogP contribution in [0.3, 0.4) is 0 Å². The predicted molar refractivity (Wildman–Crippen MR) is 111 cm³/mol. The van der Waals surface area contributed by atoms with Gasteiger partial charge in [0.1, 0.15) is 5.82 Å². The lowest BCUT2D eigenvalue weighted by Crippen LogP contribution is -2.26. The fraction of sp³-hybridized carbons (Fsp3) is 0.182. The Morgan fingerprint density at radius 1 is 1.07 bits per heavy atom. The highest BCUT2D eigenvalue weighted by atomic mass is 35.5. The summed E-state index contributed by atoms with van der Waals surface area (Å²) in [5, 5.41) is 3.68. The third kappa shape index (κ3) is 4.43. The topological polar surface area (TPSA) is 62.7 Å². The number of H-pyrrole nitrogens is 1. The maximum absolute atomic E-state index is 12.6. The summed E-state index contributed by atoms with van der Waals surface area (Å²) in [5.74, 6) is 0.802. The van der Waals surface area contributed by atoms with Crippen molar-refractivity contribution in [2.75, 3.05) is 0 Å². The van der Waals surface area contributed by atoms with E-state index in [1.54, 1.807) is 0 Å². The molecule has 2 aromatic carbocycles. The number of nitrogens with one attached hydrogen (secondary N) is 2. The number of fused-ring (bicyclic) bond motifs is 1. The lowest BCUT2D eigenvalue weighted by Gasteiger charge is -2.18. The molecule has 4 rings (SSSR count). The summed E-state index contributed by atoms with van der Waals surface area (Å²) in [6.07, 6.45) is 4.41. The van der Waals surface area contributed by atoms with Crippen molar-refractivity contribution in [3.63, 3.8) is 0 Å². The van der Waals surface area contributed by atoms with Gasteiger partial charge in [-0.1, -0.05) is 35.9 Å². The fourth-order valence-electron chi connectivity index (χ4n) is 3.34. The van der Waals surface area contributed by atoms with E-state index < -0.39 is 0 Å². The van der Waals surface area contributed by atoms with Crippen LogP contribution in [-0.2, 0) is 17.9 Å². The van der Waals surface area contributed by atoms with E-state index in [2.05, 4.69) is 19.9 Å². The second kappa shape index (κ2) is 8.31. The molecule has 0 saturated carbocycles. The Morgan fingerprint density at radius 2 is 1.82 bits per heavy atom. The van der Waals surface area contributed by atoms with Crippen LogP contribution in [0.15, 0.2) is 73.1 Å². The molecule has 0 aliphatic rings. The number of nitrogens with zero attached hydrogens (tertiary/aromatic N) is 2. The van der Waals surface area contributed by atoms with E-state index in [1.165, 1.54) is 0 Å². The molecule has 142 valence electrons. The van der Waals surface area contributed by atoms with E-state index in [9.17, 15) is 4.79 Å². The average molecular weight is 393 g/mol. The van der Waals surface area contributed by atoms with E-state index in [-0.39, 0.29) is 11.8 Å². The molecule has 2 aromatic heterocycles. The van der Waals surface area contributed by atoms with Gasteiger partial charge in [0.15, 0.2) is 0 Å². The molecule has 1 atom stereocenters. The van der Waals surface area contributed by atoms with Crippen LogP contribution in [0.4, 0.5) is 0 Å². The molecule has 0 aliphatic carbocycles. The lowest BCUT2D eigenvalue weighted by molar-refractivity contribution is -0.121. The third-order valence-corrected chi connectivity index (χ3v) is 5.01. The quantitative estimate of drug-likeness (QED) is 0.486. The Labute approximate surface area is 168 Å². The highest BCUT2D eigenvalue weighted by Crippen LogP contribution is 2.24. The molecule has 6 heteroatoms. The number of para-hydroxylation sites is 2. The van der Waals surface area contributed by atoms with Crippen LogP contribution in [0.25, 0.3) is 11.0 Å². The second-order valence-electron chi connectivity index (χ2n) is 6.81. The molecule has 0 spiro atoms. The molecule has 0 aliphatic heterocycles. The zero-order chi connectivity index (χ0) is 19.3. The van der Waals surface area contributed by atoms with Crippen molar-refractivity contribution in [2.45, 2.75) is 25.4 Å². The minimum absolute atomic E-state index is 0.00689. The monoisotopic (exact) mass is 392 g/mol. The number of hydrogen-bond acceptors (Lipinski definition) is 2. The molecule has 4 aromatic rings. The van der Waals surface area contributed by atoms with Crippen molar-refractivity contribution >= 4 is 28.5 Å². The Morgan fingerprint density at radius 3 is 2.57 bits per heavy atom. The van der Waals surface area contributed by atoms with Crippen molar-refractivity contribution in [2.24, 2.45) is 0 Å². The Bertz CT molecular complexity index is 1020. The van der Waals surface area contributed by atoms with Gasteiger partial charge in [-0.3, -0.25) is 4.79 Å². The zero-order valence-electron chi connectivity index (χ0n) is 15.3. The van der Waals surface area contributed by atoms with E-state index in [0.29, 0.717) is 18.0 Å². The number of amides is 1. The largest absolute Gasteiger partial charge is 0.354 e. The van der Waals surface area contributed by atoms with E-state index in [0.717, 1.165) is 29.0 Å². The minimum atomic E-state index is -0.00689. The number of benzene rings is 2. The van der Waals surface area contributed by atoms with Gasteiger partial charge in [0.25, 0.3) is 0 Å². The molecule has 0 unspecified atom stereocenters. The Balaban J connectivity index is 1.43. The van der Waals surface area contributed by atoms with Gasteiger partial charge in [-0.25, -0.2) is 4.98 Å². The number of rotatable bonds is 7. The van der Waals surface area contributed by atoms with Gasteiger partial charge >= 0.3 is 0 Å². The van der Waals surface area contributed by atoms with Crippen molar-refractivity contribution in [3.05, 3.63) is 89.5 Å². The second-order valence-corrected chi connectivity index (χ2v) is 7.25. The number of halogens is 1. The first-order valence-corrected chi connectivity index (χ1v) is 9.62.